The van der Waals surface area contributed by atoms with Crippen LogP contribution in [-0.4, -0.2) is 38.5 Å². The Morgan fingerprint density at radius 2 is 1.12 bits per heavy atom. The van der Waals surface area contributed by atoms with Gasteiger partial charge in [0.1, 0.15) is 0 Å². The van der Waals surface area contributed by atoms with Crippen LogP contribution in [0.1, 0.15) is 0 Å². The topological polar surface area (TPSA) is 121 Å². The van der Waals surface area contributed by atoms with Crippen LogP contribution in [0.15, 0.2) is 0 Å². The van der Waals surface area contributed by atoms with Gasteiger partial charge < -0.3 is 5.48 Å². The normalized spacial score (nSPS) is 7.50. The molecule has 0 atom stereocenters. The molecule has 0 heterocycles. The molecule has 5 nitrogen and oxygen atoms in total. The first kappa shape index (κ1) is 22.6. The minimum Gasteiger partial charge on any atom is -0.256 e. The van der Waals surface area contributed by atoms with Crippen LogP contribution in [0.5, 0.6) is 0 Å². The number of rotatable bonds is 0. The smallest absolute Gasteiger partial charge is 0.256 e. The summed E-state index contributed by atoms with van der Waals surface area (Å²) in [5.74, 6) is 0. The molecule has 0 rings (SSSR count). The zero-order chi connectivity index (χ0) is 4.50. The molecule has 0 fully saturated rings. The maximum absolute atomic E-state index is 8.73. The summed E-state index contributed by atoms with van der Waals surface area (Å²) in [6.45, 7) is 0. The van der Waals surface area contributed by atoms with Crippen molar-refractivity contribution in [2.24, 2.45) is 0 Å². The Labute approximate surface area is 80.4 Å². The Hall–Kier alpha value is 1.82. The first-order valence-corrected chi connectivity index (χ1v) is 4.24. The molecule has 3 N–H and O–H groups in total. The van der Waals surface area contributed by atoms with Gasteiger partial charge in [0.05, 0.1) is 0 Å². The van der Waals surface area contributed by atoms with Crippen molar-refractivity contribution in [1.82, 2.24) is 0 Å². The van der Waals surface area contributed by atoms with E-state index >= 15 is 0 Å². The van der Waals surface area contributed by atoms with Gasteiger partial charge in [-0.2, -0.15) is 0 Å². The van der Waals surface area contributed by atoms with Crippen LogP contribution in [0.3, 0.4) is 0 Å². The van der Waals surface area contributed by atoms with Gasteiger partial charge in [0.2, 0.25) is 0 Å². The number of hydrogen-bond donors (Lipinski definition) is 1. The van der Waals surface area contributed by atoms with Crippen LogP contribution in [0.4, 0.5) is 0 Å². The maximum Gasteiger partial charge on any atom is 0.368 e. The molecule has 0 aromatic heterocycles. The Kier molecular flexibility index (Phi) is 24.9. The van der Waals surface area contributed by atoms with Crippen LogP contribution in [-0.2, 0) is 0 Å². The third-order valence-electron chi connectivity index (χ3n) is 0. The van der Waals surface area contributed by atoms with E-state index < -0.39 is 20.1 Å². The Morgan fingerprint density at radius 1 is 1.12 bits per heavy atom. The fourth-order valence-corrected chi connectivity index (χ4v) is 0. The van der Waals surface area contributed by atoms with E-state index in [2.05, 4.69) is 0 Å². The van der Waals surface area contributed by atoms with Crippen molar-refractivity contribution in [2.45, 2.75) is 0 Å². The van der Waals surface area contributed by atoms with Gasteiger partial charge in [0, 0.05) is 3.44 Å². The molecule has 0 spiro atoms. The molecule has 0 unspecified atom stereocenters. The summed E-state index contributed by atoms with van der Waals surface area (Å²) >= 11 is -5.69. The molecule has 0 bridgehead atoms. The predicted octanol–water partition coefficient (Wildman–Crippen LogP) is -8.17. The summed E-state index contributed by atoms with van der Waals surface area (Å²) in [6.07, 6.45) is 0. The van der Waals surface area contributed by atoms with Gasteiger partial charge in [-0.05, 0) is 0 Å². The van der Waals surface area contributed by atoms with Gasteiger partial charge in [0.15, 0.2) is 0 Å². The van der Waals surface area contributed by atoms with E-state index in [0.717, 1.165) is 0 Å². The van der Waals surface area contributed by atoms with Crippen LogP contribution in [0.2, 0.25) is 0 Å². The average Bonchev–Trinajstić information content (AvgIpc) is 0.722. The molecule has 0 radical (unpaired) electrons. The molecule has 0 aliphatic heterocycles. The van der Waals surface area contributed by atoms with E-state index in [9.17, 15) is 0 Å². The fourth-order valence-electron chi connectivity index (χ4n) is 0. The fraction of sp³-hybridized carbons (Fsp3) is 0. The number of halogens is 2. The third-order valence-corrected chi connectivity index (χ3v) is 0. The molecule has 0 aromatic rings. The second-order valence-corrected chi connectivity index (χ2v) is 2.66. The van der Waals surface area contributed by atoms with Gasteiger partial charge in [-0.3, -0.25) is 10.3 Å². The molecule has 0 saturated heterocycles. The Bertz CT molecular complexity index is 27.9. The molecule has 8 heteroatoms. The summed E-state index contributed by atoms with van der Waals surface area (Å²) in [7, 11) is 0. The molecule has 0 aromatic carbocycles. The van der Waals surface area contributed by atoms with Gasteiger partial charge >= 0.3 is 49.7 Å². The monoisotopic (exact) mass is 270 g/mol. The molecule has 0 aliphatic rings. The van der Waals surface area contributed by atoms with E-state index in [1.165, 1.54) is 0 Å². The summed E-state index contributed by atoms with van der Waals surface area (Å²) in [6, 6.07) is 0. The zero-order valence-electron chi connectivity index (χ0n) is 2.96. The van der Waals surface area contributed by atoms with E-state index in [0.29, 0.717) is 0 Å². The van der Waals surface area contributed by atoms with Gasteiger partial charge in [-0.25, -0.2) is 0 Å². The standard InChI is InChI=1S/ClH.HIO4.Na.H2O.H/c;2-1(3,4)5;;;/h1H;2H;;1H2;. The van der Waals surface area contributed by atoms with Crippen LogP contribution >= 0.6 is 12.4 Å². The molecule has 8 heavy (non-hydrogen) atoms. The van der Waals surface area contributed by atoms with Crippen LogP contribution in [0.25, 0.3) is 0 Å². The Morgan fingerprint density at radius 3 is 1.12 bits per heavy atom. The van der Waals surface area contributed by atoms with Gasteiger partial charge in [0.25, 0.3) is 0 Å². The molecular formula is H5ClINaO5. The molecule has 50 valence electrons. The molecule has 0 amide bonds. The van der Waals surface area contributed by atoms with Crippen LogP contribution in [0, 0.1) is 0 Å². The SMILES string of the molecule is Cl.O.[NaH].[O-][I+3]([O-])([O-])O. The quantitative estimate of drug-likeness (QED) is 0.347. The van der Waals surface area contributed by atoms with E-state index in [-0.39, 0.29) is 47.4 Å². The molecule has 0 saturated carbocycles. The largest absolute Gasteiger partial charge is 0.368 e. The molecular weight excluding hydrogens is 265 g/mol. The first-order chi connectivity index (χ1) is 2.00. The minimum absolute atomic E-state index is 0. The molecule has 0 aliphatic carbocycles. The maximum atomic E-state index is 8.73. The van der Waals surface area contributed by atoms with Crippen molar-refractivity contribution in [3.8, 4) is 0 Å². The van der Waals surface area contributed by atoms with Crippen molar-refractivity contribution in [1.29, 1.82) is 0 Å². The van der Waals surface area contributed by atoms with Crippen molar-refractivity contribution >= 4 is 42.0 Å². The van der Waals surface area contributed by atoms with Gasteiger partial charge in [-0.15, -0.1) is 12.4 Å². The van der Waals surface area contributed by atoms with E-state index in [4.69, 9.17) is 13.7 Å². The predicted molar refractivity (Wildman–Crippen MR) is 20.2 cm³/mol. The van der Waals surface area contributed by atoms with E-state index in [1.807, 2.05) is 0 Å². The van der Waals surface area contributed by atoms with Gasteiger partial charge in [-0.1, -0.05) is 0 Å². The van der Waals surface area contributed by atoms with Crippen molar-refractivity contribution in [2.75, 3.05) is 0 Å². The van der Waals surface area contributed by atoms with Crippen molar-refractivity contribution in [3.05, 3.63) is 0 Å². The third kappa shape index (κ3) is 110. The minimum atomic E-state index is -5.69. The number of hydrogen-bond acceptors (Lipinski definition) is 4. The second-order valence-electron chi connectivity index (χ2n) is 0.396. The van der Waals surface area contributed by atoms with Crippen molar-refractivity contribution in [3.63, 3.8) is 0 Å². The summed E-state index contributed by atoms with van der Waals surface area (Å²) in [4.78, 5) is 0. The van der Waals surface area contributed by atoms with E-state index in [1.54, 1.807) is 0 Å². The average molecular weight is 270 g/mol. The zero-order valence-corrected chi connectivity index (χ0v) is 5.93. The summed E-state index contributed by atoms with van der Waals surface area (Å²) < 4.78 is 33.2. The Balaban J connectivity index is -0.0000000267. The van der Waals surface area contributed by atoms with Crippen LogP contribution < -0.4 is 30.4 Å². The second kappa shape index (κ2) is 8.82. The summed E-state index contributed by atoms with van der Waals surface area (Å²) in [5.41, 5.74) is 0. The van der Waals surface area contributed by atoms with Crippen molar-refractivity contribution < 1.29 is 39.3 Å². The first-order valence-electron chi connectivity index (χ1n) is 0.632. The summed E-state index contributed by atoms with van der Waals surface area (Å²) in [5, 5.41) is 0.